The predicted molar refractivity (Wildman–Crippen MR) is 117 cm³/mol. The van der Waals surface area contributed by atoms with Gasteiger partial charge in [0, 0.05) is 18.9 Å². The van der Waals surface area contributed by atoms with Crippen LogP contribution in [0.5, 0.6) is 0 Å². The lowest BCUT2D eigenvalue weighted by atomic mass is 9.44. The van der Waals surface area contributed by atoms with E-state index in [0.29, 0.717) is 29.1 Å². The van der Waals surface area contributed by atoms with Crippen LogP contribution in [0.1, 0.15) is 78.6 Å². The van der Waals surface area contributed by atoms with E-state index >= 15 is 0 Å². The molecule has 8 atom stereocenters. The van der Waals surface area contributed by atoms with Crippen molar-refractivity contribution in [1.29, 1.82) is 0 Å². The molecule has 0 N–H and O–H groups in total. The van der Waals surface area contributed by atoms with Crippen molar-refractivity contribution >= 4 is 17.7 Å². The molecule has 0 heterocycles. The first-order chi connectivity index (χ1) is 14.7. The minimum absolute atomic E-state index is 0.0181. The largest absolute Gasteiger partial charge is 0.466 e. The molecule has 5 heteroatoms. The van der Waals surface area contributed by atoms with Crippen LogP contribution in [0.4, 0.5) is 0 Å². The average Bonchev–Trinajstić information content (AvgIpc) is 3.09. The molecule has 8 unspecified atom stereocenters. The van der Waals surface area contributed by atoms with Crippen molar-refractivity contribution in [2.24, 2.45) is 40.4 Å². The van der Waals surface area contributed by atoms with Gasteiger partial charge in [-0.2, -0.15) is 0 Å². The molecule has 0 aromatic carbocycles. The lowest BCUT2D eigenvalue weighted by Gasteiger charge is -2.61. The fourth-order valence-electron chi connectivity index (χ4n) is 8.36. The quantitative estimate of drug-likeness (QED) is 0.470. The Morgan fingerprint density at radius 1 is 0.871 bits per heavy atom. The summed E-state index contributed by atoms with van der Waals surface area (Å²) in [7, 11) is 1.34. The van der Waals surface area contributed by atoms with E-state index in [2.05, 4.69) is 18.6 Å². The summed E-state index contributed by atoms with van der Waals surface area (Å²) in [5.74, 6) is 2.12. The number of ether oxygens (including phenoxy) is 2. The molecule has 0 aromatic heterocycles. The Kier molecular flexibility index (Phi) is 6.08. The van der Waals surface area contributed by atoms with E-state index in [-0.39, 0.29) is 29.2 Å². The maximum atomic E-state index is 13.0. The van der Waals surface area contributed by atoms with Gasteiger partial charge in [0.1, 0.15) is 6.10 Å². The summed E-state index contributed by atoms with van der Waals surface area (Å²) < 4.78 is 10.2. The molecule has 172 valence electrons. The summed E-state index contributed by atoms with van der Waals surface area (Å²) in [5, 5.41) is 0. The second kappa shape index (κ2) is 8.37. The number of fused-ring (bicyclic) bond motifs is 5. The van der Waals surface area contributed by atoms with Gasteiger partial charge >= 0.3 is 11.9 Å². The molecular weight excluding hydrogens is 392 g/mol. The lowest BCUT2D eigenvalue weighted by Crippen LogP contribution is -2.54. The van der Waals surface area contributed by atoms with Gasteiger partial charge in [-0.15, -0.1) is 0 Å². The van der Waals surface area contributed by atoms with E-state index < -0.39 is 5.97 Å². The molecule has 5 nitrogen and oxygen atoms in total. The molecule has 0 spiro atoms. The number of rotatable bonds is 4. The standard InChI is InChI=1S/C26H38O5/c1-16(27)31-18-11-13-25(2)17(15-18)5-6-19-20-7-8-22(23(28)9-10-24(29)30-4)26(20,3)14-12-21(19)25/h9-10,17-22H,5-8,11-15H2,1-4H3. The number of carbonyl (C=O) groups excluding carboxylic acids is 3. The van der Waals surface area contributed by atoms with Crippen LogP contribution >= 0.6 is 0 Å². The van der Waals surface area contributed by atoms with Crippen molar-refractivity contribution in [3.8, 4) is 0 Å². The van der Waals surface area contributed by atoms with Gasteiger partial charge < -0.3 is 9.47 Å². The van der Waals surface area contributed by atoms with Gasteiger partial charge in [0.15, 0.2) is 5.78 Å². The summed E-state index contributed by atoms with van der Waals surface area (Å²) in [4.78, 5) is 35.9. The van der Waals surface area contributed by atoms with Crippen LogP contribution in [0.2, 0.25) is 0 Å². The SMILES string of the molecule is COC(=O)C=CC(=O)C1CCC2C3CCC4CC(OC(C)=O)CCC4(C)C3CCC12C. The molecule has 0 radical (unpaired) electrons. The van der Waals surface area contributed by atoms with Gasteiger partial charge in [0.25, 0.3) is 0 Å². The van der Waals surface area contributed by atoms with Crippen LogP contribution in [-0.4, -0.2) is 30.9 Å². The normalized spacial score (nSPS) is 44.1. The Morgan fingerprint density at radius 3 is 2.29 bits per heavy atom. The zero-order chi connectivity index (χ0) is 22.4. The number of esters is 2. The highest BCUT2D eigenvalue weighted by molar-refractivity contribution is 5.97. The first kappa shape index (κ1) is 22.5. The van der Waals surface area contributed by atoms with Crippen molar-refractivity contribution in [3.63, 3.8) is 0 Å². The van der Waals surface area contributed by atoms with E-state index in [1.54, 1.807) is 0 Å². The highest BCUT2D eigenvalue weighted by Gasteiger charge is 2.61. The van der Waals surface area contributed by atoms with E-state index in [0.717, 1.165) is 38.5 Å². The van der Waals surface area contributed by atoms with Crippen LogP contribution in [0.25, 0.3) is 0 Å². The van der Waals surface area contributed by atoms with E-state index in [4.69, 9.17) is 4.74 Å². The molecule has 0 aliphatic heterocycles. The number of carbonyl (C=O) groups is 3. The molecule has 0 amide bonds. The van der Waals surface area contributed by atoms with Crippen LogP contribution in [0.3, 0.4) is 0 Å². The fourth-order valence-corrected chi connectivity index (χ4v) is 8.36. The molecule has 4 rings (SSSR count). The Morgan fingerprint density at radius 2 is 1.58 bits per heavy atom. The third-order valence-corrected chi connectivity index (χ3v) is 9.88. The second-order valence-corrected chi connectivity index (χ2v) is 11.1. The van der Waals surface area contributed by atoms with Crippen molar-refractivity contribution in [1.82, 2.24) is 0 Å². The van der Waals surface area contributed by atoms with Crippen LogP contribution in [0, 0.1) is 40.4 Å². The minimum atomic E-state index is -0.465. The van der Waals surface area contributed by atoms with Crippen LogP contribution < -0.4 is 0 Å². The number of hydrogen-bond donors (Lipinski definition) is 0. The summed E-state index contributed by atoms with van der Waals surface area (Å²) in [6.45, 7) is 6.35. The fraction of sp³-hybridized carbons (Fsp3) is 0.808. The lowest BCUT2D eigenvalue weighted by molar-refractivity contribution is -0.160. The zero-order valence-corrected chi connectivity index (χ0v) is 19.5. The monoisotopic (exact) mass is 430 g/mol. The summed E-state index contributed by atoms with van der Waals surface area (Å²) in [5.41, 5.74) is 0.366. The molecule has 0 saturated heterocycles. The van der Waals surface area contributed by atoms with Crippen molar-refractivity contribution < 1.29 is 23.9 Å². The Hall–Kier alpha value is -1.65. The topological polar surface area (TPSA) is 69.7 Å². The Balaban J connectivity index is 1.49. The Labute approximate surface area is 186 Å². The number of methoxy groups -OCH3 is 1. The van der Waals surface area contributed by atoms with Crippen molar-refractivity contribution in [3.05, 3.63) is 12.2 Å². The second-order valence-electron chi connectivity index (χ2n) is 11.1. The number of ketones is 1. The summed E-state index contributed by atoms with van der Waals surface area (Å²) >= 11 is 0. The van der Waals surface area contributed by atoms with Gasteiger partial charge in [-0.3, -0.25) is 9.59 Å². The number of hydrogen-bond acceptors (Lipinski definition) is 5. The van der Waals surface area contributed by atoms with E-state index in [1.165, 1.54) is 45.4 Å². The molecule has 4 saturated carbocycles. The maximum absolute atomic E-state index is 13.0. The van der Waals surface area contributed by atoms with Gasteiger partial charge in [0.2, 0.25) is 0 Å². The zero-order valence-electron chi connectivity index (χ0n) is 19.5. The third-order valence-electron chi connectivity index (χ3n) is 9.88. The smallest absolute Gasteiger partial charge is 0.330 e. The molecule has 31 heavy (non-hydrogen) atoms. The highest BCUT2D eigenvalue weighted by atomic mass is 16.5. The van der Waals surface area contributed by atoms with Gasteiger partial charge in [-0.1, -0.05) is 13.8 Å². The van der Waals surface area contributed by atoms with Gasteiger partial charge in [-0.25, -0.2) is 4.79 Å². The highest BCUT2D eigenvalue weighted by Crippen LogP contribution is 2.67. The summed E-state index contributed by atoms with van der Waals surface area (Å²) in [6, 6.07) is 0. The van der Waals surface area contributed by atoms with E-state index in [9.17, 15) is 14.4 Å². The van der Waals surface area contributed by atoms with Crippen LogP contribution in [-0.2, 0) is 23.9 Å². The van der Waals surface area contributed by atoms with Crippen molar-refractivity contribution in [2.45, 2.75) is 84.7 Å². The predicted octanol–water partition coefficient (Wildman–Crippen LogP) is 4.88. The Bertz CT molecular complexity index is 772. The number of allylic oxidation sites excluding steroid dienone is 1. The average molecular weight is 431 g/mol. The van der Waals surface area contributed by atoms with Gasteiger partial charge in [0.05, 0.1) is 7.11 Å². The van der Waals surface area contributed by atoms with Gasteiger partial charge in [-0.05, 0) is 98.4 Å². The molecule has 0 bridgehead atoms. The maximum Gasteiger partial charge on any atom is 0.330 e. The molecule has 4 fully saturated rings. The first-order valence-electron chi connectivity index (χ1n) is 12.2. The first-order valence-corrected chi connectivity index (χ1v) is 12.2. The van der Waals surface area contributed by atoms with Crippen molar-refractivity contribution in [2.75, 3.05) is 7.11 Å². The molecule has 4 aliphatic rings. The van der Waals surface area contributed by atoms with Crippen LogP contribution in [0.15, 0.2) is 12.2 Å². The summed E-state index contributed by atoms with van der Waals surface area (Å²) in [6.07, 6.45) is 12.7. The van der Waals surface area contributed by atoms with E-state index in [1.807, 2.05) is 0 Å². The molecular formula is C26H38O5. The molecule has 4 aliphatic carbocycles. The minimum Gasteiger partial charge on any atom is -0.466 e. The third kappa shape index (κ3) is 3.87. The molecule has 0 aromatic rings.